The largest absolute Gasteiger partial charge is 0.381 e. The Morgan fingerprint density at radius 1 is 1.29 bits per heavy atom. The Morgan fingerprint density at radius 2 is 2.00 bits per heavy atom. The first-order valence-electron chi connectivity index (χ1n) is 5.92. The summed E-state index contributed by atoms with van der Waals surface area (Å²) in [6.07, 6.45) is 1.75. The first kappa shape index (κ1) is 12.5. The van der Waals surface area contributed by atoms with Crippen LogP contribution in [0, 0.1) is 17.6 Å². The van der Waals surface area contributed by atoms with E-state index in [0.29, 0.717) is 24.7 Å². The minimum atomic E-state index is -0.395. The van der Waals surface area contributed by atoms with E-state index in [1.54, 1.807) is 7.05 Å². The predicted octanol–water partition coefficient (Wildman–Crippen LogP) is 2.65. The van der Waals surface area contributed by atoms with Crippen LogP contribution in [0.1, 0.15) is 24.4 Å². The second-order valence-corrected chi connectivity index (χ2v) is 4.38. The minimum Gasteiger partial charge on any atom is -0.381 e. The molecule has 1 aromatic carbocycles. The minimum absolute atomic E-state index is 0.144. The fourth-order valence-electron chi connectivity index (χ4n) is 2.45. The summed E-state index contributed by atoms with van der Waals surface area (Å²) >= 11 is 0. The maximum atomic E-state index is 13.7. The fraction of sp³-hybridized carbons (Fsp3) is 0.538. The maximum absolute atomic E-state index is 13.7. The Bertz CT molecular complexity index is 378. The Labute approximate surface area is 100.0 Å². The van der Waals surface area contributed by atoms with Gasteiger partial charge in [-0.05, 0) is 44.0 Å². The first-order chi connectivity index (χ1) is 8.22. The van der Waals surface area contributed by atoms with Gasteiger partial charge in [0.1, 0.15) is 11.6 Å². The smallest absolute Gasteiger partial charge is 0.128 e. The third kappa shape index (κ3) is 2.82. The van der Waals surface area contributed by atoms with Gasteiger partial charge in [0, 0.05) is 24.8 Å². The van der Waals surface area contributed by atoms with Crippen LogP contribution in [-0.2, 0) is 4.74 Å². The highest BCUT2D eigenvalue weighted by atomic mass is 19.1. The van der Waals surface area contributed by atoms with Gasteiger partial charge in [0.2, 0.25) is 0 Å². The molecule has 0 radical (unpaired) electrons. The number of hydrogen-bond donors (Lipinski definition) is 1. The zero-order valence-electron chi connectivity index (χ0n) is 9.88. The van der Waals surface area contributed by atoms with Gasteiger partial charge in [-0.1, -0.05) is 0 Å². The molecule has 0 bridgehead atoms. The van der Waals surface area contributed by atoms with Crippen LogP contribution in [0.5, 0.6) is 0 Å². The van der Waals surface area contributed by atoms with E-state index >= 15 is 0 Å². The fourth-order valence-corrected chi connectivity index (χ4v) is 2.45. The van der Waals surface area contributed by atoms with Crippen molar-refractivity contribution in [3.63, 3.8) is 0 Å². The molecule has 1 saturated heterocycles. The summed E-state index contributed by atoms with van der Waals surface area (Å²) in [5.41, 5.74) is 0.416. The van der Waals surface area contributed by atoms with Gasteiger partial charge >= 0.3 is 0 Å². The maximum Gasteiger partial charge on any atom is 0.128 e. The summed E-state index contributed by atoms with van der Waals surface area (Å²) in [4.78, 5) is 0. The van der Waals surface area contributed by atoms with E-state index in [1.165, 1.54) is 12.1 Å². The lowest BCUT2D eigenvalue weighted by Gasteiger charge is -2.30. The number of hydrogen-bond acceptors (Lipinski definition) is 2. The van der Waals surface area contributed by atoms with Crippen molar-refractivity contribution in [1.29, 1.82) is 0 Å². The number of halogens is 2. The van der Waals surface area contributed by atoms with Gasteiger partial charge in [-0.15, -0.1) is 0 Å². The monoisotopic (exact) mass is 241 g/mol. The van der Waals surface area contributed by atoms with E-state index in [-0.39, 0.29) is 11.9 Å². The Balaban J connectivity index is 2.24. The van der Waals surface area contributed by atoms with Crippen LogP contribution in [-0.4, -0.2) is 20.3 Å². The molecule has 1 unspecified atom stereocenters. The average molecular weight is 241 g/mol. The van der Waals surface area contributed by atoms with E-state index < -0.39 is 5.82 Å². The highest BCUT2D eigenvalue weighted by molar-refractivity contribution is 5.23. The molecular formula is C13H17F2NO. The van der Waals surface area contributed by atoms with E-state index in [2.05, 4.69) is 5.32 Å². The zero-order valence-corrected chi connectivity index (χ0v) is 9.88. The van der Waals surface area contributed by atoms with Crippen molar-refractivity contribution >= 4 is 0 Å². The molecule has 1 aromatic rings. The first-order valence-corrected chi connectivity index (χ1v) is 5.92. The molecule has 1 aliphatic heterocycles. The molecule has 2 rings (SSSR count). The van der Waals surface area contributed by atoms with Crippen LogP contribution < -0.4 is 5.32 Å². The van der Waals surface area contributed by atoms with Gasteiger partial charge < -0.3 is 10.1 Å². The van der Waals surface area contributed by atoms with Gasteiger partial charge in [0.05, 0.1) is 0 Å². The lowest BCUT2D eigenvalue weighted by atomic mass is 9.87. The Morgan fingerprint density at radius 3 is 2.65 bits per heavy atom. The van der Waals surface area contributed by atoms with Crippen molar-refractivity contribution in [3.8, 4) is 0 Å². The lowest BCUT2D eigenvalue weighted by Crippen LogP contribution is -2.30. The zero-order chi connectivity index (χ0) is 12.3. The van der Waals surface area contributed by atoms with E-state index in [1.807, 2.05) is 0 Å². The summed E-state index contributed by atoms with van der Waals surface area (Å²) in [6.45, 7) is 1.39. The molecule has 0 amide bonds. The van der Waals surface area contributed by atoms with Crippen molar-refractivity contribution in [3.05, 3.63) is 35.4 Å². The molecule has 1 N–H and O–H groups in total. The molecule has 17 heavy (non-hydrogen) atoms. The second-order valence-electron chi connectivity index (χ2n) is 4.38. The summed E-state index contributed by atoms with van der Waals surface area (Å²) < 4.78 is 32.2. The standard InChI is InChI=1S/C13H17F2NO/c1-16-13(9-4-6-17-7-5-9)11-8-10(14)2-3-12(11)15/h2-3,8-9,13,16H,4-7H2,1H3. The van der Waals surface area contributed by atoms with Crippen molar-refractivity contribution in [1.82, 2.24) is 5.32 Å². The van der Waals surface area contributed by atoms with Gasteiger partial charge in [-0.2, -0.15) is 0 Å². The number of nitrogens with one attached hydrogen (secondary N) is 1. The Hall–Kier alpha value is -1.00. The van der Waals surface area contributed by atoms with Crippen LogP contribution in [0.15, 0.2) is 18.2 Å². The number of benzene rings is 1. The molecule has 0 saturated carbocycles. The third-order valence-electron chi connectivity index (χ3n) is 3.34. The van der Waals surface area contributed by atoms with Gasteiger partial charge in [0.25, 0.3) is 0 Å². The SMILES string of the molecule is CNC(c1cc(F)ccc1F)C1CCOCC1. The van der Waals surface area contributed by atoms with Crippen molar-refractivity contribution in [2.24, 2.45) is 5.92 Å². The molecule has 4 heteroatoms. The van der Waals surface area contributed by atoms with Crippen molar-refractivity contribution < 1.29 is 13.5 Å². The topological polar surface area (TPSA) is 21.3 Å². The highest BCUT2D eigenvalue weighted by Crippen LogP contribution is 2.31. The summed E-state index contributed by atoms with van der Waals surface area (Å²) in [5.74, 6) is -0.448. The second kappa shape index (κ2) is 5.56. The van der Waals surface area contributed by atoms with E-state index in [0.717, 1.165) is 18.9 Å². The van der Waals surface area contributed by atoms with E-state index in [4.69, 9.17) is 4.74 Å². The molecule has 1 atom stereocenters. The van der Waals surface area contributed by atoms with Crippen LogP contribution in [0.25, 0.3) is 0 Å². The average Bonchev–Trinajstić information content (AvgIpc) is 2.36. The molecule has 0 aliphatic carbocycles. The normalized spacial score (nSPS) is 19.2. The van der Waals surface area contributed by atoms with Gasteiger partial charge in [-0.25, -0.2) is 8.78 Å². The molecule has 1 aliphatic rings. The van der Waals surface area contributed by atoms with Crippen LogP contribution >= 0.6 is 0 Å². The number of ether oxygens (including phenoxy) is 1. The van der Waals surface area contributed by atoms with Gasteiger partial charge in [0.15, 0.2) is 0 Å². The van der Waals surface area contributed by atoms with Gasteiger partial charge in [-0.3, -0.25) is 0 Å². The summed E-state index contributed by atoms with van der Waals surface area (Å²) in [5, 5.41) is 3.09. The predicted molar refractivity (Wildman–Crippen MR) is 61.7 cm³/mol. The summed E-state index contributed by atoms with van der Waals surface area (Å²) in [6, 6.07) is 3.48. The summed E-state index contributed by atoms with van der Waals surface area (Å²) in [7, 11) is 1.78. The lowest BCUT2D eigenvalue weighted by molar-refractivity contribution is 0.0541. The van der Waals surface area contributed by atoms with Crippen LogP contribution in [0.3, 0.4) is 0 Å². The molecule has 94 valence electrons. The highest BCUT2D eigenvalue weighted by Gasteiger charge is 2.26. The van der Waals surface area contributed by atoms with Crippen LogP contribution in [0.2, 0.25) is 0 Å². The molecule has 0 spiro atoms. The molecule has 2 nitrogen and oxygen atoms in total. The Kier molecular flexibility index (Phi) is 4.07. The molecular weight excluding hydrogens is 224 g/mol. The van der Waals surface area contributed by atoms with Crippen molar-refractivity contribution in [2.75, 3.05) is 20.3 Å². The number of rotatable bonds is 3. The molecule has 1 fully saturated rings. The van der Waals surface area contributed by atoms with Crippen molar-refractivity contribution in [2.45, 2.75) is 18.9 Å². The van der Waals surface area contributed by atoms with Crippen LogP contribution in [0.4, 0.5) is 8.78 Å². The molecule has 1 heterocycles. The third-order valence-corrected chi connectivity index (χ3v) is 3.34. The van der Waals surface area contributed by atoms with E-state index in [9.17, 15) is 8.78 Å². The quantitative estimate of drug-likeness (QED) is 0.878. The molecule has 0 aromatic heterocycles.